The van der Waals surface area contributed by atoms with Crippen molar-refractivity contribution in [2.75, 3.05) is 9.80 Å². The topological polar surface area (TPSA) is 19.6 Å². The molecule has 0 unspecified atom stereocenters. The van der Waals surface area contributed by atoms with E-state index in [0.29, 0.717) is 0 Å². The summed E-state index contributed by atoms with van der Waals surface area (Å²) in [4.78, 5) is 4.74. The van der Waals surface area contributed by atoms with Crippen molar-refractivity contribution >= 4 is 56.1 Å². The van der Waals surface area contributed by atoms with Crippen molar-refractivity contribution in [3.8, 4) is 11.1 Å². The van der Waals surface area contributed by atoms with E-state index in [4.69, 9.17) is 4.42 Å². The van der Waals surface area contributed by atoms with E-state index in [9.17, 15) is 0 Å². The second kappa shape index (κ2) is 16.2. The molecule has 0 atom stereocenters. The SMILES string of the molecule is c1ccc(N(c2ccccc2)c2ccc(N(c3ccc4c(c3)C3(c5ccccc5-4)c4ccccc4C(c4ccccc4)(c4ccccc4)c4ccccc43)c3ccc4oc5ccccc5c4c3)cc2)cc1. The highest BCUT2D eigenvalue weighted by atomic mass is 16.3. The van der Waals surface area contributed by atoms with Gasteiger partial charge in [-0.1, -0.05) is 194 Å². The van der Waals surface area contributed by atoms with E-state index in [1.807, 2.05) is 6.07 Å². The molecule has 0 N–H and O–H groups in total. The number of anilines is 6. The highest BCUT2D eigenvalue weighted by Crippen LogP contribution is 2.65. The van der Waals surface area contributed by atoms with Crippen LogP contribution in [0.15, 0.2) is 283 Å². The van der Waals surface area contributed by atoms with Crippen LogP contribution in [0.3, 0.4) is 0 Å². The molecule has 12 aromatic rings. The molecule has 0 amide bonds. The van der Waals surface area contributed by atoms with Gasteiger partial charge in [0.1, 0.15) is 11.2 Å². The summed E-state index contributed by atoms with van der Waals surface area (Å²) in [6.45, 7) is 0. The predicted octanol–water partition coefficient (Wildman–Crippen LogP) is 17.6. The molecule has 1 spiro atoms. The van der Waals surface area contributed by atoms with E-state index < -0.39 is 10.8 Å². The van der Waals surface area contributed by atoms with Gasteiger partial charge in [0.25, 0.3) is 0 Å². The number of benzene rings is 11. The largest absolute Gasteiger partial charge is 0.456 e. The summed E-state index contributed by atoms with van der Waals surface area (Å²) in [5, 5.41) is 2.18. The van der Waals surface area contributed by atoms with Gasteiger partial charge in [-0.2, -0.15) is 0 Å². The van der Waals surface area contributed by atoms with Gasteiger partial charge in [0, 0.05) is 44.9 Å². The number of nitrogens with zero attached hydrogens (tertiary/aromatic N) is 2. The van der Waals surface area contributed by atoms with Gasteiger partial charge >= 0.3 is 0 Å². The Morgan fingerprint density at radius 3 is 1.20 bits per heavy atom. The van der Waals surface area contributed by atoms with Crippen LogP contribution in [-0.2, 0) is 10.8 Å². The van der Waals surface area contributed by atoms with E-state index in [1.165, 1.54) is 55.6 Å². The Bertz CT molecular complexity index is 3810. The average Bonchev–Trinajstić information content (AvgIpc) is 3.96. The molecule has 2 aliphatic carbocycles. The zero-order valence-electron chi connectivity index (χ0n) is 38.9. The third-order valence-corrected chi connectivity index (χ3v) is 15.2. The van der Waals surface area contributed by atoms with E-state index in [2.05, 4.69) is 283 Å². The van der Waals surface area contributed by atoms with E-state index >= 15 is 0 Å². The minimum Gasteiger partial charge on any atom is -0.456 e. The van der Waals surface area contributed by atoms with Crippen molar-refractivity contribution in [2.45, 2.75) is 10.8 Å². The Hall–Kier alpha value is -9.18. The van der Waals surface area contributed by atoms with Crippen LogP contribution in [0.1, 0.15) is 44.5 Å². The first-order valence-corrected chi connectivity index (χ1v) is 24.5. The Labute approximate surface area is 413 Å². The molecule has 71 heavy (non-hydrogen) atoms. The summed E-state index contributed by atoms with van der Waals surface area (Å²) in [6.07, 6.45) is 0. The second-order valence-corrected chi connectivity index (χ2v) is 18.7. The number of hydrogen-bond acceptors (Lipinski definition) is 3. The lowest BCUT2D eigenvalue weighted by Gasteiger charge is -2.50. The van der Waals surface area contributed by atoms with Crippen molar-refractivity contribution in [1.82, 2.24) is 0 Å². The van der Waals surface area contributed by atoms with Gasteiger partial charge in [-0.15, -0.1) is 0 Å². The summed E-state index contributed by atoms with van der Waals surface area (Å²) in [7, 11) is 0. The van der Waals surface area contributed by atoms with Gasteiger partial charge in [-0.25, -0.2) is 0 Å². The van der Waals surface area contributed by atoms with Crippen molar-refractivity contribution in [3.63, 3.8) is 0 Å². The molecule has 11 aromatic carbocycles. The molecule has 2 aliphatic rings. The number of furan rings is 1. The Morgan fingerprint density at radius 1 is 0.239 bits per heavy atom. The fraction of sp³-hybridized carbons (Fsp3) is 0.0294. The van der Waals surface area contributed by atoms with Gasteiger partial charge in [0.2, 0.25) is 0 Å². The molecule has 334 valence electrons. The van der Waals surface area contributed by atoms with Gasteiger partial charge in [-0.3, -0.25) is 0 Å². The lowest BCUT2D eigenvalue weighted by molar-refractivity contribution is 0.623. The van der Waals surface area contributed by atoms with E-state index in [1.54, 1.807) is 0 Å². The third-order valence-electron chi connectivity index (χ3n) is 15.2. The van der Waals surface area contributed by atoms with Crippen molar-refractivity contribution in [3.05, 3.63) is 324 Å². The standard InChI is InChI=1S/C68H46N2O/c1-5-21-47(22-6-1)67(48-23-7-2-8-24-48)60-32-16-18-34-62(60)68(63-35-19-17-33-61(63)67)59-31-15-13-29-55(59)56-43-41-54(46-64(56)68)70(53-42-44-66-58(45-53)57-30-14-20-36-65(57)71-66)52-39-37-51(38-40-52)69(49-25-9-3-10-26-49)50-27-11-4-12-28-50/h1-46H. The minimum absolute atomic E-state index is 0.583. The lowest BCUT2D eigenvalue weighted by Crippen LogP contribution is -2.44. The van der Waals surface area contributed by atoms with Gasteiger partial charge < -0.3 is 14.2 Å². The molecular weight excluding hydrogens is 861 g/mol. The quantitative estimate of drug-likeness (QED) is 0.151. The Morgan fingerprint density at radius 2 is 0.620 bits per heavy atom. The maximum atomic E-state index is 6.42. The van der Waals surface area contributed by atoms with Crippen LogP contribution in [0.4, 0.5) is 34.1 Å². The van der Waals surface area contributed by atoms with Crippen LogP contribution < -0.4 is 9.80 Å². The first kappa shape index (κ1) is 40.8. The molecule has 0 bridgehead atoms. The number of hydrogen-bond donors (Lipinski definition) is 0. The van der Waals surface area contributed by atoms with Crippen LogP contribution in [-0.4, -0.2) is 0 Å². The summed E-state index contributed by atoms with van der Waals surface area (Å²) in [5.74, 6) is 0. The molecule has 0 aliphatic heterocycles. The monoisotopic (exact) mass is 906 g/mol. The van der Waals surface area contributed by atoms with Crippen LogP contribution >= 0.6 is 0 Å². The minimum atomic E-state index is -0.645. The Kier molecular flexibility index (Phi) is 9.33. The molecular formula is C68H46N2O. The van der Waals surface area contributed by atoms with E-state index in [0.717, 1.165) is 56.1 Å². The van der Waals surface area contributed by atoms with Crippen LogP contribution in [0, 0.1) is 0 Å². The van der Waals surface area contributed by atoms with E-state index in [-0.39, 0.29) is 0 Å². The van der Waals surface area contributed by atoms with Gasteiger partial charge in [0.15, 0.2) is 0 Å². The van der Waals surface area contributed by atoms with Crippen LogP contribution in [0.2, 0.25) is 0 Å². The molecule has 1 aromatic heterocycles. The van der Waals surface area contributed by atoms with Crippen molar-refractivity contribution in [2.24, 2.45) is 0 Å². The van der Waals surface area contributed by atoms with Crippen LogP contribution in [0.5, 0.6) is 0 Å². The molecule has 3 nitrogen and oxygen atoms in total. The first-order chi connectivity index (χ1) is 35.2. The lowest BCUT2D eigenvalue weighted by atomic mass is 9.51. The molecule has 1 heterocycles. The van der Waals surface area contributed by atoms with Gasteiger partial charge in [0.05, 0.1) is 10.8 Å². The molecule has 14 rings (SSSR count). The smallest absolute Gasteiger partial charge is 0.135 e. The Balaban J connectivity index is 1.02. The summed E-state index contributed by atoms with van der Waals surface area (Å²) in [6, 6.07) is 102. The number of para-hydroxylation sites is 3. The first-order valence-electron chi connectivity index (χ1n) is 24.5. The fourth-order valence-electron chi connectivity index (χ4n) is 12.4. The zero-order valence-corrected chi connectivity index (χ0v) is 38.9. The maximum absolute atomic E-state index is 6.42. The normalized spacial score (nSPS) is 13.6. The summed E-state index contributed by atoms with van der Waals surface area (Å²) < 4.78 is 6.42. The van der Waals surface area contributed by atoms with Crippen molar-refractivity contribution in [1.29, 1.82) is 0 Å². The maximum Gasteiger partial charge on any atom is 0.135 e. The fourth-order valence-corrected chi connectivity index (χ4v) is 12.4. The summed E-state index contributed by atoms with van der Waals surface area (Å²) in [5.41, 5.74) is 19.7. The highest BCUT2D eigenvalue weighted by molar-refractivity contribution is 6.06. The second-order valence-electron chi connectivity index (χ2n) is 18.7. The van der Waals surface area contributed by atoms with Crippen LogP contribution in [0.25, 0.3) is 33.1 Å². The molecule has 0 radical (unpaired) electrons. The van der Waals surface area contributed by atoms with Gasteiger partial charge in [-0.05, 0) is 141 Å². The zero-order chi connectivity index (χ0) is 46.9. The average molecular weight is 907 g/mol. The predicted molar refractivity (Wildman–Crippen MR) is 292 cm³/mol. The molecule has 0 fully saturated rings. The molecule has 3 heteroatoms. The molecule has 0 saturated carbocycles. The highest BCUT2D eigenvalue weighted by Gasteiger charge is 2.56. The van der Waals surface area contributed by atoms with Crippen molar-refractivity contribution < 1.29 is 4.42 Å². The molecule has 0 saturated heterocycles. The summed E-state index contributed by atoms with van der Waals surface area (Å²) >= 11 is 0. The number of fused-ring (bicyclic) bond motifs is 12. The third kappa shape index (κ3) is 6.03. The number of rotatable bonds is 8.